The van der Waals surface area contributed by atoms with E-state index in [-0.39, 0.29) is 6.04 Å². The van der Waals surface area contributed by atoms with Gasteiger partial charge in [-0.05, 0) is 25.6 Å². The molecule has 0 fully saturated rings. The van der Waals surface area contributed by atoms with Crippen LogP contribution in [-0.2, 0) is 13.5 Å². The molecule has 1 heterocycles. The average molecular weight is 259 g/mol. The Labute approximate surface area is 114 Å². The summed E-state index contributed by atoms with van der Waals surface area (Å²) in [6, 6.07) is 6.49. The van der Waals surface area contributed by atoms with E-state index < -0.39 is 0 Å². The topological polar surface area (TPSA) is 39.1 Å². The average Bonchev–Trinajstić information content (AvgIpc) is 2.81. The molecular formula is C15H21N3O. The molecule has 1 aromatic heterocycles. The number of benzene rings is 1. The normalized spacial score (nSPS) is 12.4. The second-order valence-electron chi connectivity index (χ2n) is 4.75. The maximum atomic E-state index is 5.49. The Morgan fingerprint density at radius 2 is 2.21 bits per heavy atom. The van der Waals surface area contributed by atoms with Crippen LogP contribution in [-0.4, -0.2) is 23.7 Å². The number of nitrogens with zero attached hydrogens (tertiary/aromatic N) is 2. The molecule has 1 aromatic carbocycles. The Bertz CT molecular complexity index is 548. The van der Waals surface area contributed by atoms with Crippen molar-refractivity contribution >= 4 is 0 Å². The number of methoxy groups -OCH3 is 1. The zero-order chi connectivity index (χ0) is 13.8. The van der Waals surface area contributed by atoms with Gasteiger partial charge in [0.05, 0.1) is 7.11 Å². The van der Waals surface area contributed by atoms with Crippen LogP contribution in [0.15, 0.2) is 30.6 Å². The van der Waals surface area contributed by atoms with Gasteiger partial charge >= 0.3 is 0 Å². The van der Waals surface area contributed by atoms with Crippen molar-refractivity contribution in [3.63, 3.8) is 0 Å². The molecule has 4 nitrogen and oxygen atoms in total. The van der Waals surface area contributed by atoms with Gasteiger partial charge in [0.1, 0.15) is 11.6 Å². The highest BCUT2D eigenvalue weighted by molar-refractivity contribution is 5.39. The molecule has 102 valence electrons. The lowest BCUT2D eigenvalue weighted by Crippen LogP contribution is -2.21. The van der Waals surface area contributed by atoms with Crippen LogP contribution in [0.2, 0.25) is 0 Å². The number of ether oxygens (including phenoxy) is 1. The summed E-state index contributed by atoms with van der Waals surface area (Å²) in [4.78, 5) is 4.38. The molecule has 0 aliphatic carbocycles. The van der Waals surface area contributed by atoms with Gasteiger partial charge in [-0.25, -0.2) is 4.98 Å². The molecule has 1 N–H and O–H groups in total. The van der Waals surface area contributed by atoms with Gasteiger partial charge in [0.25, 0.3) is 0 Å². The molecule has 1 unspecified atom stereocenters. The summed E-state index contributed by atoms with van der Waals surface area (Å²) in [7, 11) is 5.69. The lowest BCUT2D eigenvalue weighted by atomic mass is 10.0. The van der Waals surface area contributed by atoms with Crippen molar-refractivity contribution in [3.05, 3.63) is 47.5 Å². The van der Waals surface area contributed by atoms with Gasteiger partial charge in [-0.2, -0.15) is 0 Å². The lowest BCUT2D eigenvalue weighted by Gasteiger charge is -2.19. The molecule has 0 aliphatic heterocycles. The summed E-state index contributed by atoms with van der Waals surface area (Å²) in [5.74, 6) is 1.98. The summed E-state index contributed by atoms with van der Waals surface area (Å²) in [6.45, 7) is 2.07. The minimum Gasteiger partial charge on any atom is -0.496 e. The Kier molecular flexibility index (Phi) is 4.22. The maximum absolute atomic E-state index is 5.49. The number of aromatic nitrogens is 2. The Balaban J connectivity index is 2.29. The fraction of sp³-hybridized carbons (Fsp3) is 0.400. The van der Waals surface area contributed by atoms with E-state index in [2.05, 4.69) is 35.4 Å². The predicted molar refractivity (Wildman–Crippen MR) is 76.4 cm³/mol. The van der Waals surface area contributed by atoms with Gasteiger partial charge in [0, 0.05) is 37.5 Å². The van der Waals surface area contributed by atoms with Crippen molar-refractivity contribution in [2.24, 2.45) is 7.05 Å². The first-order chi connectivity index (χ1) is 9.15. The zero-order valence-corrected chi connectivity index (χ0v) is 12.0. The van der Waals surface area contributed by atoms with Gasteiger partial charge in [-0.3, -0.25) is 0 Å². The fourth-order valence-corrected chi connectivity index (χ4v) is 2.25. The molecule has 0 saturated heterocycles. The Morgan fingerprint density at radius 3 is 2.79 bits per heavy atom. The number of aryl methyl sites for hydroxylation is 2. The van der Waals surface area contributed by atoms with Crippen LogP contribution >= 0.6 is 0 Å². The van der Waals surface area contributed by atoms with Crippen molar-refractivity contribution in [2.75, 3.05) is 14.2 Å². The van der Waals surface area contributed by atoms with E-state index in [4.69, 9.17) is 4.74 Å². The van der Waals surface area contributed by atoms with E-state index in [1.807, 2.05) is 31.1 Å². The van der Waals surface area contributed by atoms with Gasteiger partial charge in [0.2, 0.25) is 0 Å². The van der Waals surface area contributed by atoms with Crippen molar-refractivity contribution in [3.8, 4) is 5.75 Å². The third-order valence-corrected chi connectivity index (χ3v) is 3.42. The monoisotopic (exact) mass is 259 g/mol. The van der Waals surface area contributed by atoms with Crippen molar-refractivity contribution in [1.82, 2.24) is 14.9 Å². The fourth-order valence-electron chi connectivity index (χ4n) is 2.25. The quantitative estimate of drug-likeness (QED) is 0.895. The molecule has 0 saturated carbocycles. The van der Waals surface area contributed by atoms with Gasteiger partial charge in [0.15, 0.2) is 0 Å². The van der Waals surface area contributed by atoms with E-state index in [1.165, 1.54) is 11.1 Å². The second kappa shape index (κ2) is 5.89. The van der Waals surface area contributed by atoms with Gasteiger partial charge < -0.3 is 14.6 Å². The number of hydrogen-bond donors (Lipinski definition) is 1. The van der Waals surface area contributed by atoms with E-state index in [0.29, 0.717) is 0 Å². The van der Waals surface area contributed by atoms with Crippen LogP contribution < -0.4 is 10.1 Å². The third-order valence-electron chi connectivity index (χ3n) is 3.42. The summed E-state index contributed by atoms with van der Waals surface area (Å²) < 4.78 is 7.54. The molecule has 19 heavy (non-hydrogen) atoms. The Hall–Kier alpha value is -1.81. The highest BCUT2D eigenvalue weighted by Crippen LogP contribution is 2.28. The molecule has 0 aliphatic rings. The summed E-state index contributed by atoms with van der Waals surface area (Å²) >= 11 is 0. The molecule has 2 aromatic rings. The number of nitrogens with one attached hydrogen (secondary N) is 1. The van der Waals surface area contributed by atoms with Gasteiger partial charge in [-0.1, -0.05) is 12.1 Å². The number of hydrogen-bond acceptors (Lipinski definition) is 3. The first-order valence-electron chi connectivity index (χ1n) is 6.43. The molecule has 4 heteroatoms. The van der Waals surface area contributed by atoms with E-state index in [0.717, 1.165) is 18.0 Å². The first kappa shape index (κ1) is 13.6. The van der Waals surface area contributed by atoms with Crippen LogP contribution in [0.1, 0.15) is 23.0 Å². The smallest absolute Gasteiger partial charge is 0.123 e. The summed E-state index contributed by atoms with van der Waals surface area (Å²) in [5.41, 5.74) is 2.37. The largest absolute Gasteiger partial charge is 0.496 e. The minimum atomic E-state index is 0.191. The van der Waals surface area contributed by atoms with Crippen LogP contribution in [0.3, 0.4) is 0 Å². The van der Waals surface area contributed by atoms with E-state index in [1.54, 1.807) is 7.11 Å². The SMILES string of the molecule is CNC(Cc1nccn1C)c1ccc(C)cc1OC. The minimum absolute atomic E-state index is 0.191. The third kappa shape index (κ3) is 2.96. The molecule has 1 atom stereocenters. The standard InChI is InChI=1S/C15H21N3O/c1-11-5-6-12(14(9-11)19-4)13(16-2)10-15-17-7-8-18(15)3/h5-9,13,16H,10H2,1-4H3. The second-order valence-corrected chi connectivity index (χ2v) is 4.75. The number of imidazole rings is 1. The van der Waals surface area contributed by atoms with E-state index >= 15 is 0 Å². The molecule has 0 bridgehead atoms. The summed E-state index contributed by atoms with van der Waals surface area (Å²) in [5, 5.41) is 3.34. The van der Waals surface area contributed by atoms with Crippen molar-refractivity contribution in [2.45, 2.75) is 19.4 Å². The Morgan fingerprint density at radius 1 is 1.42 bits per heavy atom. The number of rotatable bonds is 5. The highest BCUT2D eigenvalue weighted by atomic mass is 16.5. The predicted octanol–water partition coefficient (Wildman–Crippen LogP) is 2.24. The maximum Gasteiger partial charge on any atom is 0.123 e. The molecule has 0 radical (unpaired) electrons. The molecule has 0 amide bonds. The highest BCUT2D eigenvalue weighted by Gasteiger charge is 2.16. The molecule has 0 spiro atoms. The number of likely N-dealkylation sites (N-methyl/N-ethyl adjacent to an activating group) is 1. The molecular weight excluding hydrogens is 238 g/mol. The lowest BCUT2D eigenvalue weighted by molar-refractivity contribution is 0.400. The first-order valence-corrected chi connectivity index (χ1v) is 6.43. The van der Waals surface area contributed by atoms with Crippen LogP contribution in [0.25, 0.3) is 0 Å². The van der Waals surface area contributed by atoms with Crippen LogP contribution in [0.4, 0.5) is 0 Å². The van der Waals surface area contributed by atoms with Crippen LogP contribution in [0.5, 0.6) is 5.75 Å². The summed E-state index contributed by atoms with van der Waals surface area (Å²) in [6.07, 6.45) is 4.63. The zero-order valence-electron chi connectivity index (χ0n) is 12.0. The van der Waals surface area contributed by atoms with Gasteiger partial charge in [-0.15, -0.1) is 0 Å². The van der Waals surface area contributed by atoms with Crippen LogP contribution in [0, 0.1) is 6.92 Å². The van der Waals surface area contributed by atoms with Crippen molar-refractivity contribution < 1.29 is 4.74 Å². The molecule has 2 rings (SSSR count). The van der Waals surface area contributed by atoms with Crippen molar-refractivity contribution in [1.29, 1.82) is 0 Å². The van der Waals surface area contributed by atoms with E-state index in [9.17, 15) is 0 Å².